The Kier molecular flexibility index (Phi) is 8.15. The number of rotatable bonds is 10. The molecule has 1 rings (SSSR count). The van der Waals surface area contributed by atoms with Gasteiger partial charge < -0.3 is 10.2 Å². The van der Waals surface area contributed by atoms with Crippen LogP contribution in [-0.4, -0.2) is 39.3 Å². The number of aliphatic hydroxyl groups excluding tert-OH is 1. The average Bonchev–Trinajstić information content (AvgIpc) is 2.69. The average molecular weight is 369 g/mol. The SMILES string of the molecule is CC(C)CCC(O)[C@@]1(O)C(=O)C(C(=O)CC(C)C)C(=O)[C@@H]1CCC(C)C. The predicted molar refractivity (Wildman–Crippen MR) is 101 cm³/mol. The van der Waals surface area contributed by atoms with E-state index in [1.165, 1.54) is 0 Å². The van der Waals surface area contributed by atoms with Crippen molar-refractivity contribution in [2.24, 2.45) is 29.6 Å². The maximum atomic E-state index is 13.0. The molecule has 1 fully saturated rings. The monoisotopic (exact) mass is 368 g/mol. The molecule has 0 bridgehead atoms. The van der Waals surface area contributed by atoms with Gasteiger partial charge in [0.1, 0.15) is 5.92 Å². The third-order valence-corrected chi connectivity index (χ3v) is 5.31. The zero-order valence-electron chi connectivity index (χ0n) is 17.1. The molecule has 0 radical (unpaired) electrons. The van der Waals surface area contributed by atoms with Gasteiger partial charge in [-0.15, -0.1) is 0 Å². The van der Waals surface area contributed by atoms with Crippen LogP contribution in [0.1, 0.15) is 73.6 Å². The Labute approximate surface area is 157 Å². The van der Waals surface area contributed by atoms with Crippen molar-refractivity contribution in [2.75, 3.05) is 0 Å². The number of hydrogen-bond donors (Lipinski definition) is 2. The molecular formula is C21H36O5. The standard InChI is InChI=1S/C21H36O5/c1-12(2)7-9-15-19(24)18(16(22)11-14(5)6)20(25)21(15,26)17(23)10-8-13(3)4/h12-15,17-18,23,26H,7-11H2,1-6H3/t15-,17?,18?,21+/m0/s1. The van der Waals surface area contributed by atoms with E-state index >= 15 is 0 Å². The summed E-state index contributed by atoms with van der Waals surface area (Å²) >= 11 is 0. The number of aliphatic hydroxyl groups is 2. The van der Waals surface area contributed by atoms with Gasteiger partial charge in [-0.2, -0.15) is 0 Å². The van der Waals surface area contributed by atoms with Crippen LogP contribution in [0.25, 0.3) is 0 Å². The Hall–Kier alpha value is -1.07. The lowest BCUT2D eigenvalue weighted by molar-refractivity contribution is -0.157. The fourth-order valence-electron chi connectivity index (χ4n) is 3.75. The molecule has 4 atom stereocenters. The summed E-state index contributed by atoms with van der Waals surface area (Å²) < 4.78 is 0. The van der Waals surface area contributed by atoms with Gasteiger partial charge >= 0.3 is 0 Å². The minimum absolute atomic E-state index is 0.0248. The highest BCUT2D eigenvalue weighted by Gasteiger charge is 2.63. The third-order valence-electron chi connectivity index (χ3n) is 5.31. The molecule has 0 heterocycles. The summed E-state index contributed by atoms with van der Waals surface area (Å²) in [5.41, 5.74) is -2.14. The molecule has 0 aromatic rings. The van der Waals surface area contributed by atoms with E-state index in [9.17, 15) is 24.6 Å². The third kappa shape index (κ3) is 5.01. The number of carbonyl (C=O) groups is 3. The number of ketones is 3. The Bertz CT molecular complexity index is 522. The van der Waals surface area contributed by atoms with Crippen LogP contribution < -0.4 is 0 Å². The van der Waals surface area contributed by atoms with Crippen molar-refractivity contribution in [1.82, 2.24) is 0 Å². The highest BCUT2D eigenvalue weighted by atomic mass is 16.4. The zero-order chi connectivity index (χ0) is 20.2. The number of Topliss-reactive ketones (excluding diaryl/α,β-unsaturated/α-hetero) is 3. The van der Waals surface area contributed by atoms with Crippen LogP contribution in [0.3, 0.4) is 0 Å². The predicted octanol–water partition coefficient (Wildman–Crippen LogP) is 2.95. The van der Waals surface area contributed by atoms with Crippen LogP contribution in [0.4, 0.5) is 0 Å². The minimum atomic E-state index is -2.14. The van der Waals surface area contributed by atoms with Crippen molar-refractivity contribution in [3.05, 3.63) is 0 Å². The van der Waals surface area contributed by atoms with Crippen LogP contribution in [-0.2, 0) is 14.4 Å². The Morgan fingerprint density at radius 3 is 1.96 bits per heavy atom. The largest absolute Gasteiger partial charge is 0.390 e. The second kappa shape index (κ2) is 9.23. The molecule has 2 N–H and O–H groups in total. The van der Waals surface area contributed by atoms with Gasteiger partial charge in [-0.3, -0.25) is 14.4 Å². The maximum absolute atomic E-state index is 13.0. The fourth-order valence-corrected chi connectivity index (χ4v) is 3.75. The van der Waals surface area contributed by atoms with Crippen LogP contribution in [0.15, 0.2) is 0 Å². The fraction of sp³-hybridized carbons (Fsp3) is 0.857. The summed E-state index contributed by atoms with van der Waals surface area (Å²) in [5, 5.41) is 21.8. The number of hydrogen-bond acceptors (Lipinski definition) is 5. The van der Waals surface area contributed by atoms with E-state index in [0.29, 0.717) is 31.1 Å². The number of carbonyl (C=O) groups excluding carboxylic acids is 3. The van der Waals surface area contributed by atoms with E-state index in [4.69, 9.17) is 0 Å². The van der Waals surface area contributed by atoms with Gasteiger partial charge in [-0.25, -0.2) is 0 Å². The Morgan fingerprint density at radius 1 is 0.962 bits per heavy atom. The molecular weight excluding hydrogens is 332 g/mol. The van der Waals surface area contributed by atoms with E-state index in [-0.39, 0.29) is 18.8 Å². The van der Waals surface area contributed by atoms with Crippen LogP contribution in [0.2, 0.25) is 0 Å². The Morgan fingerprint density at radius 2 is 1.50 bits per heavy atom. The zero-order valence-corrected chi connectivity index (χ0v) is 17.1. The molecule has 1 aliphatic rings. The summed E-state index contributed by atoms with van der Waals surface area (Å²) in [6.07, 6.45) is 0.618. The highest BCUT2D eigenvalue weighted by molar-refractivity contribution is 6.27. The van der Waals surface area contributed by atoms with Gasteiger partial charge in [-0.05, 0) is 37.0 Å². The summed E-state index contributed by atoms with van der Waals surface area (Å²) in [7, 11) is 0. The van der Waals surface area contributed by atoms with Crippen molar-refractivity contribution in [3.63, 3.8) is 0 Å². The second-order valence-corrected chi connectivity index (χ2v) is 9.10. The summed E-state index contributed by atoms with van der Waals surface area (Å²) in [6, 6.07) is 0. The second-order valence-electron chi connectivity index (χ2n) is 9.10. The van der Waals surface area contributed by atoms with Gasteiger partial charge in [0.05, 0.1) is 12.0 Å². The maximum Gasteiger partial charge on any atom is 0.185 e. The first-order valence-electron chi connectivity index (χ1n) is 9.94. The molecule has 5 nitrogen and oxygen atoms in total. The molecule has 26 heavy (non-hydrogen) atoms. The first-order chi connectivity index (χ1) is 11.9. The molecule has 1 saturated carbocycles. The van der Waals surface area contributed by atoms with Gasteiger partial charge in [0.2, 0.25) is 0 Å². The van der Waals surface area contributed by atoms with Gasteiger partial charge in [-0.1, -0.05) is 48.0 Å². The first-order valence-corrected chi connectivity index (χ1v) is 9.94. The highest BCUT2D eigenvalue weighted by Crippen LogP contribution is 2.42. The Balaban J connectivity index is 3.17. The van der Waals surface area contributed by atoms with E-state index in [1.807, 2.05) is 41.5 Å². The van der Waals surface area contributed by atoms with Crippen molar-refractivity contribution in [2.45, 2.75) is 85.4 Å². The van der Waals surface area contributed by atoms with Gasteiger partial charge in [0, 0.05) is 6.42 Å². The van der Waals surface area contributed by atoms with Gasteiger partial charge in [0.25, 0.3) is 0 Å². The smallest absolute Gasteiger partial charge is 0.185 e. The quantitative estimate of drug-likeness (QED) is 0.579. The topological polar surface area (TPSA) is 91.7 Å². The lowest BCUT2D eigenvalue weighted by Crippen LogP contribution is -2.52. The van der Waals surface area contributed by atoms with Crippen LogP contribution >= 0.6 is 0 Å². The lowest BCUT2D eigenvalue weighted by atomic mass is 9.78. The first kappa shape index (κ1) is 23.0. The molecule has 0 amide bonds. The molecule has 0 aromatic heterocycles. The molecule has 2 unspecified atom stereocenters. The van der Waals surface area contributed by atoms with E-state index < -0.39 is 40.9 Å². The van der Waals surface area contributed by atoms with Crippen molar-refractivity contribution >= 4 is 17.3 Å². The minimum Gasteiger partial charge on any atom is -0.390 e. The van der Waals surface area contributed by atoms with E-state index in [2.05, 4.69) is 0 Å². The van der Waals surface area contributed by atoms with E-state index in [1.54, 1.807) is 0 Å². The summed E-state index contributed by atoms with van der Waals surface area (Å²) in [5.74, 6) is -3.54. The molecule has 1 aliphatic carbocycles. The van der Waals surface area contributed by atoms with Crippen molar-refractivity contribution < 1.29 is 24.6 Å². The normalized spacial score (nSPS) is 27.8. The molecule has 5 heteroatoms. The molecule has 0 saturated heterocycles. The van der Waals surface area contributed by atoms with Gasteiger partial charge in [0.15, 0.2) is 23.0 Å². The van der Waals surface area contributed by atoms with Crippen LogP contribution in [0, 0.1) is 29.6 Å². The molecule has 150 valence electrons. The van der Waals surface area contributed by atoms with Crippen molar-refractivity contribution in [3.8, 4) is 0 Å². The van der Waals surface area contributed by atoms with Crippen molar-refractivity contribution in [1.29, 1.82) is 0 Å². The molecule has 0 aliphatic heterocycles. The summed E-state index contributed by atoms with van der Waals surface area (Å²) in [6.45, 7) is 11.7. The van der Waals surface area contributed by atoms with Crippen LogP contribution in [0.5, 0.6) is 0 Å². The molecule has 0 aromatic carbocycles. The lowest BCUT2D eigenvalue weighted by Gasteiger charge is -2.33. The summed E-state index contributed by atoms with van der Waals surface area (Å²) in [4.78, 5) is 38.3. The molecule has 0 spiro atoms. The van der Waals surface area contributed by atoms with E-state index in [0.717, 1.165) is 0 Å².